The Labute approximate surface area is 135 Å². The van der Waals surface area contributed by atoms with Gasteiger partial charge in [0.25, 0.3) is 5.69 Å². The Morgan fingerprint density at radius 2 is 1.61 bits per heavy atom. The Kier molecular flexibility index (Phi) is 4.35. The molecule has 0 aliphatic rings. The van der Waals surface area contributed by atoms with Crippen LogP contribution in [-0.4, -0.2) is 16.9 Å². The summed E-state index contributed by atoms with van der Waals surface area (Å²) in [6.07, 6.45) is 0. The fourth-order valence-electron chi connectivity index (χ4n) is 2.81. The minimum Gasteiger partial charge on any atom is -0.298 e. The Balaban J connectivity index is 1.73. The molecule has 3 aromatic carbocycles. The Bertz CT molecular complexity index is 823. The summed E-state index contributed by atoms with van der Waals surface area (Å²) >= 11 is 0. The second-order valence-electron chi connectivity index (χ2n) is 5.73. The van der Waals surface area contributed by atoms with Crippen molar-refractivity contribution < 1.29 is 4.92 Å². The van der Waals surface area contributed by atoms with Crippen LogP contribution in [0.15, 0.2) is 66.7 Å². The summed E-state index contributed by atoms with van der Waals surface area (Å²) in [6, 6.07) is 21.5. The molecule has 0 fully saturated rings. The number of hydrogen-bond donors (Lipinski definition) is 0. The number of non-ortho nitro benzene ring substituents is 1. The molecule has 0 unspecified atom stereocenters. The standard InChI is InChI=1S/C19H18N2O2/c1-20(13-15-9-11-18(12-10-15)21(22)23)14-17-7-4-6-16-5-2-3-8-19(16)17/h2-12H,13-14H2,1H3. The molecule has 0 bridgehead atoms. The first-order chi connectivity index (χ1) is 11.1. The monoisotopic (exact) mass is 306 g/mol. The van der Waals surface area contributed by atoms with Crippen LogP contribution in [0.5, 0.6) is 0 Å². The van der Waals surface area contributed by atoms with Gasteiger partial charge < -0.3 is 0 Å². The summed E-state index contributed by atoms with van der Waals surface area (Å²) in [5.41, 5.74) is 2.48. The van der Waals surface area contributed by atoms with Gasteiger partial charge in [0.2, 0.25) is 0 Å². The molecule has 3 aromatic rings. The van der Waals surface area contributed by atoms with E-state index >= 15 is 0 Å². The normalized spacial score (nSPS) is 11.0. The molecule has 0 saturated carbocycles. The number of fused-ring (bicyclic) bond motifs is 1. The summed E-state index contributed by atoms with van der Waals surface area (Å²) in [6.45, 7) is 1.58. The third-order valence-electron chi connectivity index (χ3n) is 3.92. The maximum Gasteiger partial charge on any atom is 0.269 e. The number of hydrogen-bond acceptors (Lipinski definition) is 3. The third kappa shape index (κ3) is 3.55. The van der Waals surface area contributed by atoms with Crippen LogP contribution in [0, 0.1) is 10.1 Å². The van der Waals surface area contributed by atoms with Crippen molar-refractivity contribution in [3.8, 4) is 0 Å². The molecule has 0 radical (unpaired) electrons. The van der Waals surface area contributed by atoms with E-state index in [1.165, 1.54) is 16.3 Å². The van der Waals surface area contributed by atoms with E-state index in [0.29, 0.717) is 0 Å². The van der Waals surface area contributed by atoms with Gasteiger partial charge in [0, 0.05) is 25.2 Å². The van der Waals surface area contributed by atoms with Gasteiger partial charge in [0.1, 0.15) is 0 Å². The fraction of sp³-hybridized carbons (Fsp3) is 0.158. The summed E-state index contributed by atoms with van der Waals surface area (Å²) in [5, 5.41) is 13.2. The van der Waals surface area contributed by atoms with Crippen LogP contribution < -0.4 is 0 Å². The summed E-state index contributed by atoms with van der Waals surface area (Å²) in [5.74, 6) is 0. The maximum absolute atomic E-state index is 10.7. The number of nitro benzene ring substituents is 1. The largest absolute Gasteiger partial charge is 0.298 e. The predicted molar refractivity (Wildman–Crippen MR) is 92.2 cm³/mol. The molecule has 0 aliphatic heterocycles. The van der Waals surface area contributed by atoms with Crippen molar-refractivity contribution in [1.29, 1.82) is 0 Å². The molecule has 0 spiro atoms. The lowest BCUT2D eigenvalue weighted by molar-refractivity contribution is -0.384. The lowest BCUT2D eigenvalue weighted by Crippen LogP contribution is -2.17. The van der Waals surface area contributed by atoms with Crippen LogP contribution in [0.25, 0.3) is 10.8 Å². The van der Waals surface area contributed by atoms with Crippen LogP contribution in [0.4, 0.5) is 5.69 Å². The summed E-state index contributed by atoms with van der Waals surface area (Å²) in [4.78, 5) is 12.5. The number of rotatable bonds is 5. The SMILES string of the molecule is CN(Cc1ccc([N+](=O)[O-])cc1)Cc1cccc2ccccc12. The topological polar surface area (TPSA) is 46.4 Å². The van der Waals surface area contributed by atoms with Crippen LogP contribution in [0.2, 0.25) is 0 Å². The molecule has 0 N–H and O–H groups in total. The van der Waals surface area contributed by atoms with Crippen molar-refractivity contribution in [3.05, 3.63) is 88.0 Å². The van der Waals surface area contributed by atoms with Crippen LogP contribution in [0.3, 0.4) is 0 Å². The van der Waals surface area contributed by atoms with E-state index in [1.54, 1.807) is 12.1 Å². The van der Waals surface area contributed by atoms with E-state index in [-0.39, 0.29) is 10.6 Å². The van der Waals surface area contributed by atoms with Gasteiger partial charge in [-0.1, -0.05) is 54.6 Å². The first kappa shape index (κ1) is 15.2. The van der Waals surface area contributed by atoms with Crippen molar-refractivity contribution >= 4 is 16.5 Å². The smallest absolute Gasteiger partial charge is 0.269 e. The number of benzene rings is 3. The zero-order valence-corrected chi connectivity index (χ0v) is 13.0. The van der Waals surface area contributed by atoms with Gasteiger partial charge in [0.05, 0.1) is 4.92 Å². The van der Waals surface area contributed by atoms with Gasteiger partial charge in [-0.15, -0.1) is 0 Å². The van der Waals surface area contributed by atoms with E-state index in [2.05, 4.69) is 48.3 Å². The van der Waals surface area contributed by atoms with Crippen LogP contribution in [-0.2, 0) is 13.1 Å². The van der Waals surface area contributed by atoms with E-state index < -0.39 is 0 Å². The van der Waals surface area contributed by atoms with Gasteiger partial charge in [-0.25, -0.2) is 0 Å². The van der Waals surface area contributed by atoms with Gasteiger partial charge >= 0.3 is 0 Å². The first-order valence-electron chi connectivity index (χ1n) is 7.52. The second kappa shape index (κ2) is 6.58. The Morgan fingerprint density at radius 1 is 0.913 bits per heavy atom. The summed E-state index contributed by atoms with van der Waals surface area (Å²) < 4.78 is 0. The third-order valence-corrected chi connectivity index (χ3v) is 3.92. The molecular formula is C19H18N2O2. The van der Waals surface area contributed by atoms with Crippen LogP contribution in [0.1, 0.15) is 11.1 Å². The highest BCUT2D eigenvalue weighted by atomic mass is 16.6. The van der Waals surface area contributed by atoms with E-state index in [9.17, 15) is 10.1 Å². The maximum atomic E-state index is 10.7. The molecular weight excluding hydrogens is 288 g/mol. The molecule has 0 atom stereocenters. The van der Waals surface area contributed by atoms with Gasteiger partial charge in [0.15, 0.2) is 0 Å². The fourth-order valence-corrected chi connectivity index (χ4v) is 2.81. The van der Waals surface area contributed by atoms with E-state index in [1.807, 2.05) is 18.2 Å². The van der Waals surface area contributed by atoms with Crippen molar-refractivity contribution in [2.75, 3.05) is 7.05 Å². The highest BCUT2D eigenvalue weighted by Crippen LogP contribution is 2.20. The average molecular weight is 306 g/mol. The molecule has 0 heterocycles. The predicted octanol–water partition coefficient (Wildman–Crippen LogP) is 4.38. The van der Waals surface area contributed by atoms with E-state index in [0.717, 1.165) is 18.7 Å². The van der Waals surface area contributed by atoms with E-state index in [4.69, 9.17) is 0 Å². The second-order valence-corrected chi connectivity index (χ2v) is 5.73. The molecule has 0 aliphatic carbocycles. The molecule has 4 heteroatoms. The van der Waals surface area contributed by atoms with Gasteiger partial charge in [-0.2, -0.15) is 0 Å². The molecule has 3 rings (SSSR count). The van der Waals surface area contributed by atoms with Crippen molar-refractivity contribution in [2.45, 2.75) is 13.1 Å². The highest BCUT2D eigenvalue weighted by molar-refractivity contribution is 5.85. The average Bonchev–Trinajstić information content (AvgIpc) is 2.55. The zero-order chi connectivity index (χ0) is 16.2. The highest BCUT2D eigenvalue weighted by Gasteiger charge is 2.07. The number of nitro groups is 1. The van der Waals surface area contributed by atoms with Crippen molar-refractivity contribution in [1.82, 2.24) is 4.90 Å². The first-order valence-corrected chi connectivity index (χ1v) is 7.52. The van der Waals surface area contributed by atoms with Crippen molar-refractivity contribution in [2.24, 2.45) is 0 Å². The minimum atomic E-state index is -0.371. The summed E-state index contributed by atoms with van der Waals surface area (Å²) in [7, 11) is 2.06. The zero-order valence-electron chi connectivity index (χ0n) is 13.0. The van der Waals surface area contributed by atoms with Crippen LogP contribution >= 0.6 is 0 Å². The molecule has 23 heavy (non-hydrogen) atoms. The molecule has 116 valence electrons. The lowest BCUT2D eigenvalue weighted by atomic mass is 10.0. The Morgan fingerprint density at radius 3 is 2.35 bits per heavy atom. The molecule has 0 aromatic heterocycles. The lowest BCUT2D eigenvalue weighted by Gasteiger charge is -2.18. The molecule has 0 amide bonds. The molecule has 0 saturated heterocycles. The van der Waals surface area contributed by atoms with Gasteiger partial charge in [-0.05, 0) is 28.9 Å². The minimum absolute atomic E-state index is 0.130. The van der Waals surface area contributed by atoms with Gasteiger partial charge in [-0.3, -0.25) is 15.0 Å². The molecule has 4 nitrogen and oxygen atoms in total. The Hall–Kier alpha value is -2.72. The quantitative estimate of drug-likeness (QED) is 0.519. The number of nitrogens with zero attached hydrogens (tertiary/aromatic N) is 2. The van der Waals surface area contributed by atoms with Crippen molar-refractivity contribution in [3.63, 3.8) is 0 Å².